The minimum atomic E-state index is -0.371. The molecule has 1 aromatic heterocycles. The molecule has 0 aromatic carbocycles. The maximum atomic E-state index is 8.67. The molecule has 3 N–H and O–H groups in total. The molecule has 0 saturated carbocycles. The van der Waals surface area contributed by atoms with Gasteiger partial charge in [0.05, 0.1) is 19.4 Å². The first-order valence-electron chi connectivity index (χ1n) is 6.04. The van der Waals surface area contributed by atoms with Crippen molar-refractivity contribution in [2.75, 3.05) is 26.8 Å². The van der Waals surface area contributed by atoms with Crippen LogP contribution in [0.2, 0.25) is 0 Å². The van der Waals surface area contributed by atoms with Crippen molar-refractivity contribution in [1.29, 1.82) is 0 Å². The van der Waals surface area contributed by atoms with E-state index in [-0.39, 0.29) is 11.9 Å². The van der Waals surface area contributed by atoms with E-state index in [1.807, 2.05) is 18.2 Å². The van der Waals surface area contributed by atoms with Crippen molar-refractivity contribution in [1.82, 2.24) is 9.88 Å². The van der Waals surface area contributed by atoms with Gasteiger partial charge in [0, 0.05) is 25.7 Å². The van der Waals surface area contributed by atoms with E-state index < -0.39 is 0 Å². The van der Waals surface area contributed by atoms with E-state index >= 15 is 0 Å². The van der Waals surface area contributed by atoms with Crippen molar-refractivity contribution in [3.63, 3.8) is 0 Å². The van der Waals surface area contributed by atoms with Gasteiger partial charge in [0.2, 0.25) is 5.88 Å². The third-order valence-corrected chi connectivity index (χ3v) is 2.97. The molecule has 19 heavy (non-hydrogen) atoms. The molecule has 0 amide bonds. The molecule has 0 aliphatic carbocycles. The van der Waals surface area contributed by atoms with Crippen LogP contribution in [0.3, 0.4) is 0 Å². The summed E-state index contributed by atoms with van der Waals surface area (Å²) in [6.07, 6.45) is -0.371. The van der Waals surface area contributed by atoms with Gasteiger partial charge in [-0.2, -0.15) is 0 Å². The highest BCUT2D eigenvalue weighted by atomic mass is 16.5. The van der Waals surface area contributed by atoms with E-state index in [0.29, 0.717) is 25.6 Å². The van der Waals surface area contributed by atoms with Gasteiger partial charge in [0.25, 0.3) is 0 Å². The van der Waals surface area contributed by atoms with Gasteiger partial charge in [0.15, 0.2) is 5.84 Å². The molecule has 2 heterocycles. The summed E-state index contributed by atoms with van der Waals surface area (Å²) >= 11 is 0. The third-order valence-electron chi connectivity index (χ3n) is 2.97. The molecule has 104 valence electrons. The van der Waals surface area contributed by atoms with E-state index in [2.05, 4.69) is 15.0 Å². The number of morpholine rings is 1. The van der Waals surface area contributed by atoms with E-state index in [4.69, 9.17) is 20.4 Å². The minimum Gasteiger partial charge on any atom is -0.481 e. The van der Waals surface area contributed by atoms with Gasteiger partial charge in [-0.1, -0.05) is 11.2 Å². The molecule has 1 aromatic rings. The van der Waals surface area contributed by atoms with Gasteiger partial charge in [-0.05, 0) is 6.07 Å². The number of ether oxygens (including phenoxy) is 2. The Morgan fingerprint density at radius 3 is 3.26 bits per heavy atom. The lowest BCUT2D eigenvalue weighted by Gasteiger charge is -2.31. The highest BCUT2D eigenvalue weighted by molar-refractivity contribution is 5.84. The summed E-state index contributed by atoms with van der Waals surface area (Å²) in [5.41, 5.74) is 6.48. The van der Waals surface area contributed by atoms with E-state index in [1.165, 1.54) is 0 Å². The predicted molar refractivity (Wildman–Crippen MR) is 69.2 cm³/mol. The van der Waals surface area contributed by atoms with Gasteiger partial charge < -0.3 is 20.4 Å². The number of rotatable bonds is 4. The lowest BCUT2D eigenvalue weighted by atomic mass is 10.2. The Kier molecular flexibility index (Phi) is 4.53. The zero-order chi connectivity index (χ0) is 13.7. The zero-order valence-electron chi connectivity index (χ0n) is 10.8. The smallest absolute Gasteiger partial charge is 0.213 e. The number of methoxy groups -OCH3 is 1. The van der Waals surface area contributed by atoms with Crippen molar-refractivity contribution in [3.8, 4) is 5.88 Å². The van der Waals surface area contributed by atoms with Crippen LogP contribution in [0, 0.1) is 0 Å². The van der Waals surface area contributed by atoms with E-state index in [0.717, 1.165) is 12.2 Å². The molecule has 7 nitrogen and oxygen atoms in total. The molecule has 1 aliphatic rings. The van der Waals surface area contributed by atoms with Gasteiger partial charge in [-0.3, -0.25) is 4.90 Å². The summed E-state index contributed by atoms with van der Waals surface area (Å²) in [5, 5.41) is 11.7. The number of aromatic nitrogens is 1. The topological polar surface area (TPSA) is 93.2 Å². The molecule has 1 fully saturated rings. The number of amidine groups is 1. The van der Waals surface area contributed by atoms with Crippen LogP contribution in [-0.4, -0.2) is 53.8 Å². The van der Waals surface area contributed by atoms with Crippen LogP contribution >= 0.6 is 0 Å². The number of nitrogens with zero attached hydrogens (tertiary/aromatic N) is 3. The highest BCUT2D eigenvalue weighted by Gasteiger charge is 2.24. The molecule has 1 saturated heterocycles. The molecule has 1 unspecified atom stereocenters. The van der Waals surface area contributed by atoms with Crippen LogP contribution in [0.15, 0.2) is 23.4 Å². The Labute approximate surface area is 111 Å². The van der Waals surface area contributed by atoms with Crippen LogP contribution < -0.4 is 10.5 Å². The minimum absolute atomic E-state index is 0.100. The van der Waals surface area contributed by atoms with Crippen LogP contribution in [-0.2, 0) is 11.3 Å². The van der Waals surface area contributed by atoms with Crippen molar-refractivity contribution in [2.45, 2.75) is 12.6 Å². The van der Waals surface area contributed by atoms with Gasteiger partial charge in [0.1, 0.15) is 6.10 Å². The fourth-order valence-corrected chi connectivity index (χ4v) is 1.98. The molecular weight excluding hydrogens is 248 g/mol. The second-order valence-electron chi connectivity index (χ2n) is 4.29. The van der Waals surface area contributed by atoms with E-state index in [9.17, 15) is 0 Å². The fraction of sp³-hybridized carbons (Fsp3) is 0.500. The Balaban J connectivity index is 1.98. The summed E-state index contributed by atoms with van der Waals surface area (Å²) in [7, 11) is 1.59. The average molecular weight is 266 g/mol. The van der Waals surface area contributed by atoms with E-state index in [1.54, 1.807) is 7.11 Å². The largest absolute Gasteiger partial charge is 0.481 e. The number of hydrogen-bond acceptors (Lipinski definition) is 6. The monoisotopic (exact) mass is 266 g/mol. The SMILES string of the molecule is COc1cccc(CN2CCOC(C(N)=NO)C2)n1. The summed E-state index contributed by atoms with van der Waals surface area (Å²) < 4.78 is 10.5. The lowest BCUT2D eigenvalue weighted by Crippen LogP contribution is -2.48. The first-order chi connectivity index (χ1) is 9.22. The first-order valence-corrected chi connectivity index (χ1v) is 6.04. The summed E-state index contributed by atoms with van der Waals surface area (Å²) in [5.74, 6) is 0.696. The summed E-state index contributed by atoms with van der Waals surface area (Å²) in [4.78, 5) is 6.51. The Bertz CT molecular complexity index is 452. The normalized spacial score (nSPS) is 21.3. The molecular formula is C12H18N4O3. The Morgan fingerprint density at radius 1 is 1.68 bits per heavy atom. The van der Waals surface area contributed by atoms with Crippen LogP contribution in [0.25, 0.3) is 0 Å². The summed E-state index contributed by atoms with van der Waals surface area (Å²) in [6, 6.07) is 5.65. The maximum absolute atomic E-state index is 8.67. The van der Waals surface area contributed by atoms with Crippen LogP contribution in [0.4, 0.5) is 0 Å². The Morgan fingerprint density at radius 2 is 2.53 bits per heavy atom. The predicted octanol–water partition coefficient (Wildman–Crippen LogP) is 0.0374. The van der Waals surface area contributed by atoms with Gasteiger partial charge in [-0.25, -0.2) is 4.98 Å². The lowest BCUT2D eigenvalue weighted by molar-refractivity contribution is 0.000936. The highest BCUT2D eigenvalue weighted by Crippen LogP contribution is 2.12. The fourth-order valence-electron chi connectivity index (χ4n) is 1.98. The third kappa shape index (κ3) is 3.55. The van der Waals surface area contributed by atoms with Crippen LogP contribution in [0.1, 0.15) is 5.69 Å². The van der Waals surface area contributed by atoms with Gasteiger partial charge in [-0.15, -0.1) is 0 Å². The Hall–Kier alpha value is -1.86. The van der Waals surface area contributed by atoms with Crippen LogP contribution in [0.5, 0.6) is 5.88 Å². The number of hydrogen-bond donors (Lipinski definition) is 2. The second kappa shape index (κ2) is 6.35. The van der Waals surface area contributed by atoms with Crippen molar-refractivity contribution >= 4 is 5.84 Å². The number of oxime groups is 1. The second-order valence-corrected chi connectivity index (χ2v) is 4.29. The standard InChI is InChI=1S/C12H18N4O3/c1-18-11-4-2-3-9(14-11)7-16-5-6-19-10(8-16)12(13)15-17/h2-4,10,17H,5-8H2,1H3,(H2,13,15). The zero-order valence-corrected chi connectivity index (χ0v) is 10.8. The molecule has 0 bridgehead atoms. The number of pyridine rings is 1. The van der Waals surface area contributed by atoms with Gasteiger partial charge >= 0.3 is 0 Å². The molecule has 1 atom stereocenters. The summed E-state index contributed by atoms with van der Waals surface area (Å²) in [6.45, 7) is 2.59. The quantitative estimate of drug-likeness (QED) is 0.346. The molecule has 0 spiro atoms. The van der Waals surface area contributed by atoms with Crippen molar-refractivity contribution < 1.29 is 14.7 Å². The molecule has 7 heteroatoms. The molecule has 0 radical (unpaired) electrons. The first kappa shape index (κ1) is 13.6. The molecule has 1 aliphatic heterocycles. The molecule has 2 rings (SSSR count). The maximum Gasteiger partial charge on any atom is 0.213 e. The van der Waals surface area contributed by atoms with Crippen molar-refractivity contribution in [3.05, 3.63) is 23.9 Å². The van der Waals surface area contributed by atoms with Crippen molar-refractivity contribution in [2.24, 2.45) is 10.9 Å². The average Bonchev–Trinajstić information content (AvgIpc) is 2.47. The number of nitrogens with two attached hydrogens (primary N) is 1.